The molecule has 1 fully saturated rings. The molecule has 2 rings (SSSR count). The van der Waals surface area contributed by atoms with Gasteiger partial charge in [0.25, 0.3) is 0 Å². The zero-order valence-corrected chi connectivity index (χ0v) is 9.01. The van der Waals surface area contributed by atoms with Crippen LogP contribution >= 0.6 is 0 Å². The molecule has 1 aliphatic rings. The standard InChI is InChI=1S/C11H14N4/c1-8-5-9(8)7-15(2)11-10(6-12)13-3-4-14-11/h3-4,8-9H,5,7H2,1-2H3. The Morgan fingerprint density at radius 2 is 2.20 bits per heavy atom. The van der Waals surface area contributed by atoms with Gasteiger partial charge in [-0.2, -0.15) is 5.26 Å². The summed E-state index contributed by atoms with van der Waals surface area (Å²) in [7, 11) is 1.97. The van der Waals surface area contributed by atoms with Crippen molar-refractivity contribution in [3.8, 4) is 6.07 Å². The highest BCUT2D eigenvalue weighted by atomic mass is 15.2. The van der Waals surface area contributed by atoms with Crippen LogP contribution in [0, 0.1) is 23.2 Å². The number of nitriles is 1. The summed E-state index contributed by atoms with van der Waals surface area (Å²) in [6.07, 6.45) is 4.46. The quantitative estimate of drug-likeness (QED) is 0.744. The Hall–Kier alpha value is -1.63. The van der Waals surface area contributed by atoms with Crippen molar-refractivity contribution in [1.82, 2.24) is 9.97 Å². The van der Waals surface area contributed by atoms with Crippen LogP contribution in [-0.2, 0) is 0 Å². The molecule has 0 aromatic carbocycles. The van der Waals surface area contributed by atoms with E-state index >= 15 is 0 Å². The van der Waals surface area contributed by atoms with Crippen LogP contribution in [0.2, 0.25) is 0 Å². The lowest BCUT2D eigenvalue weighted by Gasteiger charge is -2.18. The monoisotopic (exact) mass is 202 g/mol. The molecule has 1 aromatic rings. The van der Waals surface area contributed by atoms with E-state index in [0.29, 0.717) is 11.5 Å². The number of anilines is 1. The number of nitrogens with zero attached hydrogens (tertiary/aromatic N) is 4. The Bertz CT molecular complexity index is 396. The van der Waals surface area contributed by atoms with Gasteiger partial charge in [0.05, 0.1) is 0 Å². The second kappa shape index (κ2) is 3.85. The highest BCUT2D eigenvalue weighted by molar-refractivity contribution is 5.48. The summed E-state index contributed by atoms with van der Waals surface area (Å²) in [5.74, 6) is 2.26. The van der Waals surface area contributed by atoms with Gasteiger partial charge < -0.3 is 4.90 Å². The zero-order chi connectivity index (χ0) is 10.8. The molecule has 0 aliphatic heterocycles. The number of rotatable bonds is 3. The summed E-state index contributed by atoms with van der Waals surface area (Å²) < 4.78 is 0. The fourth-order valence-corrected chi connectivity index (χ4v) is 1.78. The van der Waals surface area contributed by atoms with Crippen molar-refractivity contribution in [2.45, 2.75) is 13.3 Å². The number of aromatic nitrogens is 2. The van der Waals surface area contributed by atoms with Crippen molar-refractivity contribution < 1.29 is 0 Å². The van der Waals surface area contributed by atoms with Crippen LogP contribution in [-0.4, -0.2) is 23.6 Å². The van der Waals surface area contributed by atoms with E-state index in [9.17, 15) is 0 Å². The first kappa shape index (κ1) is 9.91. The summed E-state index contributed by atoms with van der Waals surface area (Å²) in [5, 5.41) is 8.89. The molecule has 0 saturated heterocycles. The Labute approximate surface area is 89.6 Å². The highest BCUT2D eigenvalue weighted by Crippen LogP contribution is 2.38. The van der Waals surface area contributed by atoms with E-state index < -0.39 is 0 Å². The van der Waals surface area contributed by atoms with Gasteiger partial charge in [0.2, 0.25) is 0 Å². The number of hydrogen-bond donors (Lipinski definition) is 0. The smallest absolute Gasteiger partial charge is 0.183 e. The second-order valence-electron chi connectivity index (χ2n) is 4.19. The first-order valence-corrected chi connectivity index (χ1v) is 5.14. The molecule has 0 radical (unpaired) electrons. The first-order chi connectivity index (χ1) is 7.22. The van der Waals surface area contributed by atoms with Crippen LogP contribution < -0.4 is 4.90 Å². The fraction of sp³-hybridized carbons (Fsp3) is 0.545. The minimum atomic E-state index is 0.410. The van der Waals surface area contributed by atoms with Gasteiger partial charge in [-0.3, -0.25) is 0 Å². The fourth-order valence-electron chi connectivity index (χ4n) is 1.78. The maximum Gasteiger partial charge on any atom is 0.183 e. The lowest BCUT2D eigenvalue weighted by Crippen LogP contribution is -2.23. The van der Waals surface area contributed by atoms with Crippen LogP contribution in [0.4, 0.5) is 5.82 Å². The zero-order valence-electron chi connectivity index (χ0n) is 9.01. The molecular formula is C11H14N4. The van der Waals surface area contributed by atoms with Crippen LogP contribution in [0.3, 0.4) is 0 Å². The Kier molecular flexibility index (Phi) is 2.55. The van der Waals surface area contributed by atoms with Gasteiger partial charge in [0.1, 0.15) is 6.07 Å². The van der Waals surface area contributed by atoms with Crippen LogP contribution in [0.15, 0.2) is 12.4 Å². The normalized spacial score (nSPS) is 23.3. The van der Waals surface area contributed by atoms with Crippen molar-refractivity contribution in [3.63, 3.8) is 0 Å². The van der Waals surface area contributed by atoms with E-state index in [1.54, 1.807) is 12.4 Å². The predicted octanol–water partition coefficient (Wildman–Crippen LogP) is 1.44. The minimum Gasteiger partial charge on any atom is -0.357 e. The van der Waals surface area contributed by atoms with Crippen molar-refractivity contribution >= 4 is 5.82 Å². The van der Waals surface area contributed by atoms with E-state index in [4.69, 9.17) is 5.26 Å². The van der Waals surface area contributed by atoms with E-state index in [-0.39, 0.29) is 0 Å². The van der Waals surface area contributed by atoms with Gasteiger partial charge in [-0.05, 0) is 18.3 Å². The average Bonchev–Trinajstić information content (AvgIpc) is 2.94. The molecule has 1 aliphatic carbocycles. The summed E-state index contributed by atoms with van der Waals surface area (Å²) in [6.45, 7) is 3.22. The van der Waals surface area contributed by atoms with Gasteiger partial charge in [-0.1, -0.05) is 6.92 Å². The molecule has 2 atom stereocenters. The highest BCUT2D eigenvalue weighted by Gasteiger charge is 2.33. The lowest BCUT2D eigenvalue weighted by molar-refractivity contribution is 0.717. The Balaban J connectivity index is 2.11. The molecule has 1 saturated carbocycles. The molecule has 0 spiro atoms. The van der Waals surface area contributed by atoms with Crippen molar-refractivity contribution in [2.24, 2.45) is 11.8 Å². The topological polar surface area (TPSA) is 52.8 Å². The first-order valence-electron chi connectivity index (χ1n) is 5.14. The molecule has 15 heavy (non-hydrogen) atoms. The molecule has 1 heterocycles. The Morgan fingerprint density at radius 1 is 1.53 bits per heavy atom. The predicted molar refractivity (Wildman–Crippen MR) is 57.3 cm³/mol. The molecule has 0 N–H and O–H groups in total. The van der Waals surface area contributed by atoms with E-state index in [0.717, 1.165) is 18.4 Å². The summed E-state index contributed by atoms with van der Waals surface area (Å²) in [4.78, 5) is 10.2. The summed E-state index contributed by atoms with van der Waals surface area (Å²) in [6, 6.07) is 2.07. The van der Waals surface area contributed by atoms with Crippen LogP contribution in [0.1, 0.15) is 19.0 Å². The second-order valence-corrected chi connectivity index (χ2v) is 4.19. The van der Waals surface area contributed by atoms with Gasteiger partial charge >= 0.3 is 0 Å². The van der Waals surface area contributed by atoms with E-state index in [2.05, 4.69) is 23.0 Å². The third-order valence-electron chi connectivity index (χ3n) is 2.93. The molecule has 4 nitrogen and oxygen atoms in total. The molecule has 0 amide bonds. The molecular weight excluding hydrogens is 188 g/mol. The molecule has 2 unspecified atom stereocenters. The summed E-state index contributed by atoms with van der Waals surface area (Å²) in [5.41, 5.74) is 0.410. The molecule has 4 heteroatoms. The van der Waals surface area contributed by atoms with Crippen LogP contribution in [0.5, 0.6) is 0 Å². The Morgan fingerprint density at radius 3 is 2.80 bits per heavy atom. The largest absolute Gasteiger partial charge is 0.357 e. The maximum atomic E-state index is 8.89. The maximum absolute atomic E-state index is 8.89. The van der Waals surface area contributed by atoms with Gasteiger partial charge in [0, 0.05) is 26.0 Å². The van der Waals surface area contributed by atoms with Crippen LogP contribution in [0.25, 0.3) is 0 Å². The van der Waals surface area contributed by atoms with Gasteiger partial charge in [0.15, 0.2) is 11.5 Å². The van der Waals surface area contributed by atoms with Gasteiger partial charge in [-0.25, -0.2) is 9.97 Å². The van der Waals surface area contributed by atoms with Crippen molar-refractivity contribution in [1.29, 1.82) is 5.26 Å². The van der Waals surface area contributed by atoms with Gasteiger partial charge in [-0.15, -0.1) is 0 Å². The third kappa shape index (κ3) is 2.07. The molecule has 0 bridgehead atoms. The van der Waals surface area contributed by atoms with Crippen molar-refractivity contribution in [3.05, 3.63) is 18.1 Å². The van der Waals surface area contributed by atoms with E-state index in [1.807, 2.05) is 11.9 Å². The molecule has 78 valence electrons. The average molecular weight is 202 g/mol. The van der Waals surface area contributed by atoms with Crippen molar-refractivity contribution in [2.75, 3.05) is 18.5 Å². The SMILES string of the molecule is CC1CC1CN(C)c1nccnc1C#N. The summed E-state index contributed by atoms with van der Waals surface area (Å²) >= 11 is 0. The third-order valence-corrected chi connectivity index (χ3v) is 2.93. The number of hydrogen-bond acceptors (Lipinski definition) is 4. The molecule has 1 aromatic heterocycles. The minimum absolute atomic E-state index is 0.410. The van der Waals surface area contributed by atoms with E-state index in [1.165, 1.54) is 6.42 Å². The lowest BCUT2D eigenvalue weighted by atomic mass is 10.3.